The molecular weight excluding hydrogens is 516 g/mol. The van der Waals surface area contributed by atoms with Crippen molar-refractivity contribution in [2.24, 2.45) is 11.8 Å². The van der Waals surface area contributed by atoms with Gasteiger partial charge in [-0.2, -0.15) is 0 Å². The number of nitrogens with two attached hydrogens (primary N) is 1. The van der Waals surface area contributed by atoms with Crippen molar-refractivity contribution < 1.29 is 28.2 Å². The number of carbonyl (C=O) groups excluding carboxylic acids is 1. The first-order chi connectivity index (χ1) is 18.1. The summed E-state index contributed by atoms with van der Waals surface area (Å²) >= 11 is 1.26. The number of hydrogen-bond donors (Lipinski definition) is 3. The fourth-order valence-corrected chi connectivity index (χ4v) is 6.72. The topological polar surface area (TPSA) is 121 Å². The van der Waals surface area contributed by atoms with Crippen LogP contribution >= 0.6 is 11.3 Å². The first-order valence-corrected chi connectivity index (χ1v) is 13.2. The Balaban J connectivity index is 1.14. The Hall–Kier alpha value is -3.67. The number of carbonyl (C=O) groups is 2. The molecule has 0 aliphatic carbocycles. The quantitative estimate of drug-likeness (QED) is 0.462. The second-order valence-corrected chi connectivity index (χ2v) is 11.3. The summed E-state index contributed by atoms with van der Waals surface area (Å²) in [4.78, 5) is 33.0. The Morgan fingerprint density at radius 1 is 1.18 bits per heavy atom. The number of aryl methyl sites for hydroxylation is 1. The van der Waals surface area contributed by atoms with Gasteiger partial charge in [0.2, 0.25) is 0 Å². The number of nitrogens with one attached hydrogen (secondary N) is 1. The lowest BCUT2D eigenvalue weighted by Crippen LogP contribution is -2.64. The zero-order valence-corrected chi connectivity index (χ0v) is 21.4. The molecule has 5 heterocycles. The molecule has 2 aromatic heterocycles. The SMILES string of the molecule is Cc1ccc2c(N)c(C(=O)NC3COc4cc(N5CC6CN(C(=O)O)CC(C5)C6(F)F)ccc4C3)sc2n1. The van der Waals surface area contributed by atoms with Crippen LogP contribution in [0.25, 0.3) is 10.2 Å². The molecule has 6 rings (SSSR count). The van der Waals surface area contributed by atoms with Gasteiger partial charge in [0.05, 0.1) is 23.6 Å². The molecule has 4 N–H and O–H groups in total. The van der Waals surface area contributed by atoms with Gasteiger partial charge in [0, 0.05) is 49.0 Å². The van der Waals surface area contributed by atoms with Crippen molar-refractivity contribution in [3.05, 3.63) is 46.5 Å². The summed E-state index contributed by atoms with van der Waals surface area (Å²) in [5.74, 6) is -4.64. The fourth-order valence-electron chi connectivity index (χ4n) is 5.68. The van der Waals surface area contributed by atoms with E-state index in [1.165, 1.54) is 11.3 Å². The lowest BCUT2D eigenvalue weighted by Gasteiger charge is -2.50. The number of benzene rings is 1. The molecule has 12 heteroatoms. The van der Waals surface area contributed by atoms with E-state index in [1.807, 2.05) is 42.2 Å². The maximum Gasteiger partial charge on any atom is 0.407 e. The van der Waals surface area contributed by atoms with Gasteiger partial charge in [-0.15, -0.1) is 11.3 Å². The van der Waals surface area contributed by atoms with Crippen LogP contribution in [0.5, 0.6) is 5.75 Å². The molecule has 2 amide bonds. The van der Waals surface area contributed by atoms with Gasteiger partial charge in [-0.1, -0.05) is 6.07 Å². The molecule has 2 fully saturated rings. The fraction of sp³-hybridized carbons (Fsp3) is 0.423. The number of thiophene rings is 1. The Morgan fingerprint density at radius 3 is 2.63 bits per heavy atom. The summed E-state index contributed by atoms with van der Waals surface area (Å²) < 4.78 is 35.5. The normalized spacial score (nSPS) is 24.0. The van der Waals surface area contributed by atoms with Crippen molar-refractivity contribution in [3.8, 4) is 5.75 Å². The van der Waals surface area contributed by atoms with E-state index >= 15 is 0 Å². The number of nitrogens with zero attached hydrogens (tertiary/aromatic N) is 3. The van der Waals surface area contributed by atoms with Gasteiger partial charge in [0.25, 0.3) is 11.8 Å². The van der Waals surface area contributed by atoms with Crippen LogP contribution in [-0.2, 0) is 6.42 Å². The molecule has 1 aromatic carbocycles. The minimum Gasteiger partial charge on any atom is -0.491 e. The molecule has 3 aromatic rings. The third kappa shape index (κ3) is 4.16. The largest absolute Gasteiger partial charge is 0.491 e. The van der Waals surface area contributed by atoms with Gasteiger partial charge < -0.3 is 30.7 Å². The number of fused-ring (bicyclic) bond motifs is 4. The number of likely N-dealkylation sites (tertiary alicyclic amines) is 1. The predicted octanol–water partition coefficient (Wildman–Crippen LogP) is 3.60. The number of rotatable bonds is 3. The van der Waals surface area contributed by atoms with Crippen LogP contribution in [0.2, 0.25) is 0 Å². The number of anilines is 2. The first kappa shape index (κ1) is 24.7. The Labute approximate surface area is 221 Å². The number of nitrogen functional groups attached to an aromatic ring is 1. The molecule has 3 atom stereocenters. The first-order valence-electron chi connectivity index (χ1n) is 12.4. The molecule has 3 aliphatic rings. The number of aromatic nitrogens is 1. The lowest BCUT2D eigenvalue weighted by molar-refractivity contribution is -0.151. The zero-order chi connectivity index (χ0) is 26.8. The molecule has 9 nitrogen and oxygen atoms in total. The van der Waals surface area contributed by atoms with Gasteiger partial charge >= 0.3 is 6.09 Å². The highest BCUT2D eigenvalue weighted by atomic mass is 32.1. The molecule has 200 valence electrons. The van der Waals surface area contributed by atoms with E-state index in [0.29, 0.717) is 22.7 Å². The second-order valence-electron chi connectivity index (χ2n) is 10.3. The highest BCUT2D eigenvalue weighted by molar-refractivity contribution is 7.21. The van der Waals surface area contributed by atoms with Gasteiger partial charge in [0.1, 0.15) is 22.1 Å². The van der Waals surface area contributed by atoms with E-state index < -0.39 is 23.9 Å². The molecular formula is C26H27F2N5O4S. The summed E-state index contributed by atoms with van der Waals surface area (Å²) in [5.41, 5.74) is 9.17. The van der Waals surface area contributed by atoms with E-state index in [0.717, 1.165) is 32.1 Å². The zero-order valence-electron chi connectivity index (χ0n) is 20.6. The summed E-state index contributed by atoms with van der Waals surface area (Å²) in [6, 6.07) is 9.10. The maximum absolute atomic E-state index is 14.8. The van der Waals surface area contributed by atoms with Crippen LogP contribution in [-0.4, -0.2) is 71.7 Å². The van der Waals surface area contributed by atoms with E-state index in [4.69, 9.17) is 10.5 Å². The van der Waals surface area contributed by atoms with Crippen molar-refractivity contribution in [2.75, 3.05) is 43.4 Å². The van der Waals surface area contributed by atoms with Crippen LogP contribution in [0.15, 0.2) is 30.3 Å². The van der Waals surface area contributed by atoms with Crippen molar-refractivity contribution in [1.82, 2.24) is 15.2 Å². The Bertz CT molecular complexity index is 1430. The third-order valence-corrected chi connectivity index (χ3v) is 8.83. The highest BCUT2D eigenvalue weighted by Crippen LogP contribution is 2.44. The number of ether oxygens (including phenoxy) is 1. The van der Waals surface area contributed by atoms with Crippen LogP contribution in [0.3, 0.4) is 0 Å². The van der Waals surface area contributed by atoms with Crippen molar-refractivity contribution in [2.45, 2.75) is 25.3 Å². The third-order valence-electron chi connectivity index (χ3n) is 7.72. The van der Waals surface area contributed by atoms with Crippen molar-refractivity contribution in [1.29, 1.82) is 0 Å². The summed E-state index contributed by atoms with van der Waals surface area (Å²) in [7, 11) is 0. The number of piperidine rings is 2. The average Bonchev–Trinajstić information content (AvgIpc) is 3.18. The van der Waals surface area contributed by atoms with Crippen LogP contribution < -0.4 is 20.7 Å². The van der Waals surface area contributed by atoms with Gasteiger partial charge in [-0.3, -0.25) is 4.79 Å². The number of halogens is 2. The average molecular weight is 544 g/mol. The highest BCUT2D eigenvalue weighted by Gasteiger charge is 2.56. The van der Waals surface area contributed by atoms with Crippen LogP contribution in [0.4, 0.5) is 25.0 Å². The van der Waals surface area contributed by atoms with Gasteiger partial charge in [-0.25, -0.2) is 18.6 Å². The van der Waals surface area contributed by atoms with Gasteiger partial charge in [0.15, 0.2) is 0 Å². The minimum absolute atomic E-state index is 0.0652. The van der Waals surface area contributed by atoms with E-state index in [-0.39, 0.29) is 44.7 Å². The molecule has 0 radical (unpaired) electrons. The number of hydrogen-bond acceptors (Lipinski definition) is 7. The van der Waals surface area contributed by atoms with E-state index in [1.54, 1.807) is 0 Å². The molecule has 3 aliphatic heterocycles. The van der Waals surface area contributed by atoms with Crippen LogP contribution in [0.1, 0.15) is 20.9 Å². The predicted molar refractivity (Wildman–Crippen MR) is 139 cm³/mol. The molecule has 3 unspecified atom stereocenters. The van der Waals surface area contributed by atoms with Crippen LogP contribution in [0, 0.1) is 18.8 Å². The summed E-state index contributed by atoms with van der Waals surface area (Å²) in [5, 5.41) is 13.1. The Morgan fingerprint density at radius 2 is 1.92 bits per heavy atom. The number of alkyl halides is 2. The molecule has 0 saturated carbocycles. The Kier molecular flexibility index (Phi) is 5.82. The smallest absolute Gasteiger partial charge is 0.407 e. The number of amides is 2. The molecule has 2 saturated heterocycles. The number of carboxylic acid groups (broad SMARTS) is 1. The standard InChI is InChI=1S/C26H27F2N5O4S/c1-13-2-5-19-21(29)22(38-24(19)30-13)23(34)31-17-6-14-3-4-18(7-20(14)37-12-17)32-8-15-10-33(25(35)36)11-16(9-32)26(15,27)28/h2-5,7,15-17H,6,8-12,29H2,1H3,(H,31,34)(H,35,36). The second kappa shape index (κ2) is 8.97. The minimum atomic E-state index is -2.90. The molecule has 38 heavy (non-hydrogen) atoms. The van der Waals surface area contributed by atoms with E-state index in [9.17, 15) is 23.5 Å². The summed E-state index contributed by atoms with van der Waals surface area (Å²) in [6.07, 6.45) is -0.602. The summed E-state index contributed by atoms with van der Waals surface area (Å²) in [6.45, 7) is 1.92. The monoisotopic (exact) mass is 543 g/mol. The van der Waals surface area contributed by atoms with Crippen molar-refractivity contribution in [3.63, 3.8) is 0 Å². The van der Waals surface area contributed by atoms with Gasteiger partial charge in [-0.05, 0) is 37.1 Å². The number of pyridine rings is 1. The molecule has 0 spiro atoms. The van der Waals surface area contributed by atoms with E-state index in [2.05, 4.69) is 10.3 Å². The maximum atomic E-state index is 14.8. The molecule has 2 bridgehead atoms. The lowest BCUT2D eigenvalue weighted by atomic mass is 9.80. The van der Waals surface area contributed by atoms with Crippen molar-refractivity contribution >= 4 is 44.9 Å².